The summed E-state index contributed by atoms with van der Waals surface area (Å²) in [6.45, 7) is 1.69. The second kappa shape index (κ2) is 4.70. The molecule has 6 heteroatoms. The van der Waals surface area contributed by atoms with Crippen LogP contribution in [0.4, 0.5) is 5.69 Å². The van der Waals surface area contributed by atoms with E-state index in [-0.39, 0.29) is 17.4 Å². The molecule has 0 fully saturated rings. The highest BCUT2D eigenvalue weighted by Gasteiger charge is 2.11. The first kappa shape index (κ1) is 11.8. The van der Waals surface area contributed by atoms with Crippen molar-refractivity contribution >= 4 is 12.0 Å². The molecule has 0 radical (unpaired) electrons. The Hall–Kier alpha value is -2.63. The summed E-state index contributed by atoms with van der Waals surface area (Å²) in [4.78, 5) is 20.5. The third kappa shape index (κ3) is 2.37. The van der Waals surface area contributed by atoms with Crippen molar-refractivity contribution in [1.29, 1.82) is 0 Å². The zero-order chi connectivity index (χ0) is 13.1. The number of furan rings is 1. The van der Waals surface area contributed by atoms with Gasteiger partial charge in [0.1, 0.15) is 5.75 Å². The van der Waals surface area contributed by atoms with Gasteiger partial charge in [-0.3, -0.25) is 14.9 Å². The molecule has 18 heavy (non-hydrogen) atoms. The number of aldehydes is 1. The van der Waals surface area contributed by atoms with Crippen LogP contribution in [-0.2, 0) is 0 Å². The molecule has 0 bridgehead atoms. The summed E-state index contributed by atoms with van der Waals surface area (Å²) in [5.41, 5.74) is 0.598. The maximum absolute atomic E-state index is 10.6. The van der Waals surface area contributed by atoms with Crippen LogP contribution >= 0.6 is 0 Å². The lowest BCUT2D eigenvalue weighted by molar-refractivity contribution is -0.384. The van der Waals surface area contributed by atoms with Crippen LogP contribution in [0.25, 0.3) is 0 Å². The number of benzene rings is 1. The summed E-state index contributed by atoms with van der Waals surface area (Å²) >= 11 is 0. The zero-order valence-electron chi connectivity index (χ0n) is 9.45. The van der Waals surface area contributed by atoms with Crippen molar-refractivity contribution in [2.75, 3.05) is 0 Å². The van der Waals surface area contributed by atoms with E-state index in [0.29, 0.717) is 17.6 Å². The summed E-state index contributed by atoms with van der Waals surface area (Å²) in [7, 11) is 0. The number of ether oxygens (including phenoxy) is 1. The number of nitro groups is 1. The summed E-state index contributed by atoms with van der Waals surface area (Å²) in [5.74, 6) is 0.756. The van der Waals surface area contributed by atoms with Gasteiger partial charge in [0, 0.05) is 18.2 Å². The van der Waals surface area contributed by atoms with E-state index in [4.69, 9.17) is 9.15 Å². The lowest BCUT2D eigenvalue weighted by Crippen LogP contribution is -1.91. The third-order valence-electron chi connectivity index (χ3n) is 2.30. The number of carbonyl (C=O) groups excluding carboxylic acids is 1. The summed E-state index contributed by atoms with van der Waals surface area (Å²) < 4.78 is 10.4. The van der Waals surface area contributed by atoms with Crippen LogP contribution in [0.2, 0.25) is 0 Å². The van der Waals surface area contributed by atoms with Gasteiger partial charge in [-0.25, -0.2) is 0 Å². The minimum atomic E-state index is -0.478. The van der Waals surface area contributed by atoms with Gasteiger partial charge in [0.25, 0.3) is 11.6 Å². The Morgan fingerprint density at radius 2 is 2.11 bits per heavy atom. The lowest BCUT2D eigenvalue weighted by Gasteiger charge is -2.05. The molecule has 0 atom stereocenters. The number of non-ortho nitro benzene ring substituents is 1. The molecule has 0 saturated heterocycles. The quantitative estimate of drug-likeness (QED) is 0.471. The fourth-order valence-electron chi connectivity index (χ4n) is 1.42. The molecule has 0 aliphatic heterocycles. The van der Waals surface area contributed by atoms with Crippen molar-refractivity contribution in [3.63, 3.8) is 0 Å². The number of aryl methyl sites for hydroxylation is 1. The van der Waals surface area contributed by atoms with Gasteiger partial charge in [-0.1, -0.05) is 0 Å². The molecule has 92 valence electrons. The highest BCUT2D eigenvalue weighted by atomic mass is 16.6. The maximum atomic E-state index is 10.6. The van der Waals surface area contributed by atoms with Crippen LogP contribution in [0, 0.1) is 17.0 Å². The van der Waals surface area contributed by atoms with E-state index in [1.165, 1.54) is 30.3 Å². The smallest absolute Gasteiger partial charge is 0.290 e. The van der Waals surface area contributed by atoms with Gasteiger partial charge in [0.2, 0.25) is 0 Å². The Balaban J connectivity index is 2.24. The van der Waals surface area contributed by atoms with E-state index >= 15 is 0 Å². The molecule has 2 rings (SSSR count). The molecule has 0 saturated carbocycles. The van der Waals surface area contributed by atoms with Crippen molar-refractivity contribution in [2.24, 2.45) is 0 Å². The number of nitro benzene ring substituents is 1. The highest BCUT2D eigenvalue weighted by molar-refractivity contribution is 5.70. The largest absolute Gasteiger partial charge is 0.426 e. The Morgan fingerprint density at radius 1 is 1.33 bits per heavy atom. The second-order valence-electron chi connectivity index (χ2n) is 3.58. The minimum Gasteiger partial charge on any atom is -0.426 e. The van der Waals surface area contributed by atoms with Gasteiger partial charge in [0.05, 0.1) is 4.92 Å². The van der Waals surface area contributed by atoms with Crippen LogP contribution in [0.5, 0.6) is 11.7 Å². The van der Waals surface area contributed by atoms with E-state index in [1.54, 1.807) is 6.92 Å². The standard InChI is InChI=1S/C12H9NO5/c1-8-6-9(13(15)16)2-4-11(8)18-12-5-3-10(7-14)17-12/h2-7H,1H3. The molecule has 0 N–H and O–H groups in total. The Morgan fingerprint density at radius 3 is 2.67 bits per heavy atom. The average Bonchev–Trinajstić information content (AvgIpc) is 2.79. The van der Waals surface area contributed by atoms with Crippen LogP contribution in [-0.4, -0.2) is 11.2 Å². The normalized spacial score (nSPS) is 10.1. The minimum absolute atomic E-state index is 0.00660. The molecule has 0 unspecified atom stereocenters. The summed E-state index contributed by atoms with van der Waals surface area (Å²) in [6.07, 6.45) is 0.565. The third-order valence-corrected chi connectivity index (χ3v) is 2.30. The van der Waals surface area contributed by atoms with Gasteiger partial charge < -0.3 is 9.15 Å². The second-order valence-corrected chi connectivity index (χ2v) is 3.58. The number of nitrogens with zero attached hydrogens (tertiary/aromatic N) is 1. The molecule has 1 heterocycles. The molecular weight excluding hydrogens is 238 g/mol. The molecule has 6 nitrogen and oxygen atoms in total. The molecule has 0 spiro atoms. The number of hydrogen-bond donors (Lipinski definition) is 0. The molecular formula is C12H9NO5. The Kier molecular flexibility index (Phi) is 3.09. The summed E-state index contributed by atoms with van der Waals surface area (Å²) in [6, 6.07) is 7.20. The average molecular weight is 247 g/mol. The first-order chi connectivity index (χ1) is 8.60. The predicted molar refractivity (Wildman–Crippen MR) is 62.0 cm³/mol. The van der Waals surface area contributed by atoms with Gasteiger partial charge in [-0.2, -0.15) is 0 Å². The lowest BCUT2D eigenvalue weighted by atomic mass is 10.2. The van der Waals surface area contributed by atoms with Gasteiger partial charge in [-0.05, 0) is 24.6 Å². The number of carbonyl (C=O) groups is 1. The molecule has 0 amide bonds. The Bertz CT molecular complexity index is 602. The predicted octanol–water partition coefficient (Wildman–Crippen LogP) is 3.10. The monoisotopic (exact) mass is 247 g/mol. The number of hydrogen-bond acceptors (Lipinski definition) is 5. The molecule has 1 aromatic heterocycles. The van der Waals surface area contributed by atoms with Crippen LogP contribution < -0.4 is 4.74 Å². The first-order valence-electron chi connectivity index (χ1n) is 5.08. The molecule has 1 aromatic carbocycles. The van der Waals surface area contributed by atoms with Crippen LogP contribution in [0.1, 0.15) is 16.1 Å². The molecule has 0 aliphatic carbocycles. The van der Waals surface area contributed by atoms with Gasteiger partial charge >= 0.3 is 0 Å². The summed E-state index contributed by atoms with van der Waals surface area (Å²) in [5, 5.41) is 10.6. The zero-order valence-corrected chi connectivity index (χ0v) is 9.45. The van der Waals surface area contributed by atoms with E-state index in [2.05, 4.69) is 0 Å². The van der Waals surface area contributed by atoms with E-state index in [1.807, 2.05) is 0 Å². The van der Waals surface area contributed by atoms with Crippen molar-refractivity contribution in [3.8, 4) is 11.7 Å². The van der Waals surface area contributed by atoms with Crippen LogP contribution in [0.3, 0.4) is 0 Å². The SMILES string of the molecule is Cc1cc([N+](=O)[O-])ccc1Oc1ccc(C=O)o1. The number of rotatable bonds is 4. The maximum Gasteiger partial charge on any atom is 0.290 e. The van der Waals surface area contributed by atoms with Crippen molar-refractivity contribution in [1.82, 2.24) is 0 Å². The van der Waals surface area contributed by atoms with Crippen molar-refractivity contribution in [2.45, 2.75) is 6.92 Å². The van der Waals surface area contributed by atoms with Gasteiger partial charge in [0.15, 0.2) is 12.0 Å². The fraction of sp³-hybridized carbons (Fsp3) is 0.0833. The van der Waals surface area contributed by atoms with E-state index in [0.717, 1.165) is 0 Å². The fourth-order valence-corrected chi connectivity index (χ4v) is 1.42. The topological polar surface area (TPSA) is 82.6 Å². The van der Waals surface area contributed by atoms with Crippen LogP contribution in [0.15, 0.2) is 34.7 Å². The highest BCUT2D eigenvalue weighted by Crippen LogP contribution is 2.28. The molecule has 2 aromatic rings. The van der Waals surface area contributed by atoms with Crippen molar-refractivity contribution < 1.29 is 18.9 Å². The van der Waals surface area contributed by atoms with Crippen molar-refractivity contribution in [3.05, 3.63) is 51.8 Å². The molecule has 0 aliphatic rings. The van der Waals surface area contributed by atoms with E-state index in [9.17, 15) is 14.9 Å². The van der Waals surface area contributed by atoms with E-state index < -0.39 is 4.92 Å². The Labute approximate surface area is 102 Å². The van der Waals surface area contributed by atoms with Gasteiger partial charge in [-0.15, -0.1) is 0 Å². The first-order valence-corrected chi connectivity index (χ1v) is 5.08.